The summed E-state index contributed by atoms with van der Waals surface area (Å²) in [5.74, 6) is -0.696. The molecule has 5 heteroatoms. The molecule has 92 valence electrons. The first kappa shape index (κ1) is 12.7. The number of hydrogen-bond acceptors (Lipinski definition) is 2. The number of carbonyl (C=O) groups excluding carboxylic acids is 1. The molecule has 0 saturated heterocycles. The van der Waals surface area contributed by atoms with Gasteiger partial charge in [-0.3, -0.25) is 4.79 Å². The highest BCUT2D eigenvalue weighted by Gasteiger charge is 2.12. The van der Waals surface area contributed by atoms with Crippen LogP contribution in [0.25, 0.3) is 0 Å². The molecule has 1 aromatic carbocycles. The van der Waals surface area contributed by atoms with Gasteiger partial charge in [-0.25, -0.2) is 9.37 Å². The third-order valence-corrected chi connectivity index (χ3v) is 2.82. The second-order valence-corrected chi connectivity index (χ2v) is 4.71. The number of hydrogen-bond donors (Lipinski definition) is 1. The predicted molar refractivity (Wildman–Crippen MR) is 71.0 cm³/mol. The standard InChI is InChI=1S/C13H10BrFN2O/c1-8-2-5-12(16-7-8)17-13(18)10-6-9(14)3-4-11(10)15/h2-7H,1H3,(H,16,17,18). The third-order valence-electron chi connectivity index (χ3n) is 2.33. The van der Waals surface area contributed by atoms with Gasteiger partial charge in [0, 0.05) is 10.7 Å². The van der Waals surface area contributed by atoms with Crippen LogP contribution in [0.4, 0.5) is 10.2 Å². The van der Waals surface area contributed by atoms with Gasteiger partial charge in [0.2, 0.25) is 0 Å². The largest absolute Gasteiger partial charge is 0.306 e. The molecule has 0 spiro atoms. The van der Waals surface area contributed by atoms with E-state index in [0.717, 1.165) is 5.56 Å². The molecule has 1 aromatic heterocycles. The third kappa shape index (κ3) is 2.92. The van der Waals surface area contributed by atoms with E-state index in [0.29, 0.717) is 10.3 Å². The fourth-order valence-corrected chi connectivity index (χ4v) is 1.76. The zero-order valence-corrected chi connectivity index (χ0v) is 11.2. The SMILES string of the molecule is Cc1ccc(NC(=O)c2cc(Br)ccc2F)nc1. The first-order valence-corrected chi connectivity index (χ1v) is 6.04. The topological polar surface area (TPSA) is 42.0 Å². The molecule has 1 heterocycles. The number of aryl methyl sites for hydroxylation is 1. The van der Waals surface area contributed by atoms with Gasteiger partial charge >= 0.3 is 0 Å². The number of anilines is 1. The molecule has 0 aliphatic carbocycles. The summed E-state index contributed by atoms with van der Waals surface area (Å²) in [7, 11) is 0. The van der Waals surface area contributed by atoms with Crippen molar-refractivity contribution in [1.29, 1.82) is 0 Å². The molecule has 0 fully saturated rings. The smallest absolute Gasteiger partial charge is 0.259 e. The fourth-order valence-electron chi connectivity index (χ4n) is 1.40. The minimum atomic E-state index is -0.567. The normalized spacial score (nSPS) is 10.2. The Balaban J connectivity index is 2.21. The van der Waals surface area contributed by atoms with Crippen LogP contribution in [-0.4, -0.2) is 10.9 Å². The number of rotatable bonds is 2. The van der Waals surface area contributed by atoms with Crippen molar-refractivity contribution in [3.05, 3.63) is 57.9 Å². The Labute approximate surface area is 112 Å². The van der Waals surface area contributed by atoms with Crippen molar-refractivity contribution < 1.29 is 9.18 Å². The Bertz CT molecular complexity index is 584. The van der Waals surface area contributed by atoms with Gasteiger partial charge in [0.25, 0.3) is 5.91 Å². The van der Waals surface area contributed by atoms with E-state index in [2.05, 4.69) is 26.2 Å². The number of nitrogens with zero attached hydrogens (tertiary/aromatic N) is 1. The second kappa shape index (κ2) is 5.27. The van der Waals surface area contributed by atoms with E-state index in [-0.39, 0.29) is 5.56 Å². The van der Waals surface area contributed by atoms with Gasteiger partial charge < -0.3 is 5.32 Å². The summed E-state index contributed by atoms with van der Waals surface area (Å²) in [6.07, 6.45) is 1.63. The maximum absolute atomic E-state index is 13.5. The molecule has 0 atom stereocenters. The van der Waals surface area contributed by atoms with Gasteiger partial charge in [-0.15, -0.1) is 0 Å². The van der Waals surface area contributed by atoms with Crippen molar-refractivity contribution in [2.45, 2.75) is 6.92 Å². The Morgan fingerprint density at radius 3 is 2.78 bits per heavy atom. The maximum atomic E-state index is 13.5. The lowest BCUT2D eigenvalue weighted by Crippen LogP contribution is -2.14. The molecule has 0 unspecified atom stereocenters. The summed E-state index contributed by atoms with van der Waals surface area (Å²) in [6.45, 7) is 1.90. The van der Waals surface area contributed by atoms with Crippen molar-refractivity contribution >= 4 is 27.7 Å². The van der Waals surface area contributed by atoms with Crippen molar-refractivity contribution in [2.75, 3.05) is 5.32 Å². The minimum absolute atomic E-state index is 0.0215. The first-order valence-electron chi connectivity index (χ1n) is 5.25. The van der Waals surface area contributed by atoms with Gasteiger partial charge in [0.05, 0.1) is 5.56 Å². The highest BCUT2D eigenvalue weighted by Crippen LogP contribution is 2.16. The molecular formula is C13H10BrFN2O. The number of nitrogens with one attached hydrogen (secondary N) is 1. The van der Waals surface area contributed by atoms with Crippen LogP contribution in [0, 0.1) is 12.7 Å². The van der Waals surface area contributed by atoms with Crippen LogP contribution < -0.4 is 5.32 Å². The van der Waals surface area contributed by atoms with Crippen molar-refractivity contribution in [3.63, 3.8) is 0 Å². The second-order valence-electron chi connectivity index (χ2n) is 3.80. The number of carbonyl (C=O) groups is 1. The van der Waals surface area contributed by atoms with Crippen LogP contribution in [0.15, 0.2) is 41.0 Å². The summed E-state index contributed by atoms with van der Waals surface area (Å²) in [6, 6.07) is 7.69. The molecule has 0 aliphatic heterocycles. The van der Waals surface area contributed by atoms with Crippen LogP contribution in [0.3, 0.4) is 0 Å². The highest BCUT2D eigenvalue weighted by atomic mass is 79.9. The van der Waals surface area contributed by atoms with Gasteiger partial charge in [-0.1, -0.05) is 22.0 Å². The minimum Gasteiger partial charge on any atom is -0.306 e. The number of benzene rings is 1. The molecule has 2 aromatic rings. The van der Waals surface area contributed by atoms with Gasteiger partial charge in [-0.05, 0) is 36.8 Å². The Morgan fingerprint density at radius 2 is 2.11 bits per heavy atom. The highest BCUT2D eigenvalue weighted by molar-refractivity contribution is 9.10. The van der Waals surface area contributed by atoms with Crippen LogP contribution in [-0.2, 0) is 0 Å². The lowest BCUT2D eigenvalue weighted by molar-refractivity contribution is 0.102. The zero-order valence-electron chi connectivity index (χ0n) is 9.58. The van der Waals surface area contributed by atoms with Crippen molar-refractivity contribution in [2.24, 2.45) is 0 Å². The Hall–Kier alpha value is -1.75. The van der Waals surface area contributed by atoms with Gasteiger partial charge in [0.15, 0.2) is 0 Å². The summed E-state index contributed by atoms with van der Waals surface area (Å²) in [4.78, 5) is 15.9. The van der Waals surface area contributed by atoms with E-state index < -0.39 is 11.7 Å². The number of pyridine rings is 1. The molecule has 0 bridgehead atoms. The Morgan fingerprint density at radius 1 is 1.33 bits per heavy atom. The molecule has 1 amide bonds. The quantitative estimate of drug-likeness (QED) is 0.922. The summed E-state index contributed by atoms with van der Waals surface area (Å²) < 4.78 is 14.1. The molecule has 3 nitrogen and oxygen atoms in total. The average Bonchev–Trinajstić information content (AvgIpc) is 2.35. The molecule has 0 aliphatic rings. The number of amides is 1. The fraction of sp³-hybridized carbons (Fsp3) is 0.0769. The van der Waals surface area contributed by atoms with Crippen LogP contribution >= 0.6 is 15.9 Å². The summed E-state index contributed by atoms with van der Waals surface area (Å²) in [5.41, 5.74) is 0.966. The van der Waals surface area contributed by atoms with Crippen molar-refractivity contribution in [1.82, 2.24) is 4.98 Å². The van der Waals surface area contributed by atoms with Crippen LogP contribution in [0.1, 0.15) is 15.9 Å². The molecule has 1 N–H and O–H groups in total. The molecule has 0 saturated carbocycles. The lowest BCUT2D eigenvalue weighted by Gasteiger charge is -2.06. The summed E-state index contributed by atoms with van der Waals surface area (Å²) in [5, 5.41) is 2.54. The monoisotopic (exact) mass is 308 g/mol. The van der Waals surface area contributed by atoms with E-state index in [1.165, 1.54) is 18.2 Å². The number of halogens is 2. The van der Waals surface area contributed by atoms with Gasteiger partial charge in [0.1, 0.15) is 11.6 Å². The van der Waals surface area contributed by atoms with E-state index >= 15 is 0 Å². The molecule has 2 rings (SSSR count). The predicted octanol–water partition coefficient (Wildman–Crippen LogP) is 3.54. The lowest BCUT2D eigenvalue weighted by atomic mass is 10.2. The van der Waals surface area contributed by atoms with Crippen molar-refractivity contribution in [3.8, 4) is 0 Å². The van der Waals surface area contributed by atoms with E-state index in [1.807, 2.05) is 13.0 Å². The first-order chi connectivity index (χ1) is 8.56. The summed E-state index contributed by atoms with van der Waals surface area (Å²) >= 11 is 3.20. The van der Waals surface area contributed by atoms with Crippen LogP contribution in [0.5, 0.6) is 0 Å². The maximum Gasteiger partial charge on any atom is 0.259 e. The molecule has 18 heavy (non-hydrogen) atoms. The van der Waals surface area contributed by atoms with Gasteiger partial charge in [-0.2, -0.15) is 0 Å². The molecule has 0 radical (unpaired) electrons. The van der Waals surface area contributed by atoms with E-state index in [4.69, 9.17) is 0 Å². The average molecular weight is 309 g/mol. The van der Waals surface area contributed by atoms with E-state index in [1.54, 1.807) is 12.3 Å². The van der Waals surface area contributed by atoms with E-state index in [9.17, 15) is 9.18 Å². The number of aromatic nitrogens is 1. The zero-order chi connectivity index (χ0) is 13.1. The Kier molecular flexibility index (Phi) is 3.72. The molecular weight excluding hydrogens is 299 g/mol. The van der Waals surface area contributed by atoms with Crippen LogP contribution in [0.2, 0.25) is 0 Å².